The number of para-hydroxylation sites is 1. The van der Waals surface area contributed by atoms with Crippen LogP contribution in [0.3, 0.4) is 0 Å². The minimum Gasteiger partial charge on any atom is -0.324 e. The van der Waals surface area contributed by atoms with Crippen molar-refractivity contribution in [1.29, 1.82) is 0 Å². The smallest absolute Gasteiger partial charge is 0.304 e. The number of halogens is 2. The summed E-state index contributed by atoms with van der Waals surface area (Å²) in [5.41, 5.74) is 0.574. The van der Waals surface area contributed by atoms with E-state index in [0.717, 1.165) is 14.7 Å². The van der Waals surface area contributed by atoms with Crippen LogP contribution >= 0.6 is 15.9 Å². The number of rotatable bonds is 6. The Morgan fingerprint density at radius 2 is 1.84 bits per heavy atom. The zero-order valence-corrected chi connectivity index (χ0v) is 16.0. The Balaban J connectivity index is 2.31. The number of hydrogen-bond acceptors (Lipinski definition) is 3. The molecule has 0 fully saturated rings. The van der Waals surface area contributed by atoms with E-state index in [2.05, 4.69) is 21.2 Å². The molecule has 0 heterocycles. The van der Waals surface area contributed by atoms with Crippen LogP contribution in [0.5, 0.6) is 0 Å². The van der Waals surface area contributed by atoms with Gasteiger partial charge in [0.2, 0.25) is 5.91 Å². The van der Waals surface area contributed by atoms with Crippen molar-refractivity contribution in [3.8, 4) is 0 Å². The number of benzene rings is 2. The molecule has 0 atom stereocenters. The predicted octanol–water partition coefficient (Wildman–Crippen LogP) is 2.84. The summed E-state index contributed by atoms with van der Waals surface area (Å²) in [4.78, 5) is 12.3. The lowest BCUT2D eigenvalue weighted by molar-refractivity contribution is -0.114. The lowest BCUT2D eigenvalue weighted by Gasteiger charge is -2.27. The molecular weight excluding hydrogens is 413 g/mol. The molecule has 2 aromatic rings. The van der Waals surface area contributed by atoms with Crippen molar-refractivity contribution in [3.05, 3.63) is 58.8 Å². The van der Waals surface area contributed by atoms with Gasteiger partial charge >= 0.3 is 10.2 Å². The van der Waals surface area contributed by atoms with Crippen LogP contribution in [0.15, 0.2) is 53.0 Å². The largest absolute Gasteiger partial charge is 0.324 e. The summed E-state index contributed by atoms with van der Waals surface area (Å²) in [5, 5.41) is 2.49. The van der Waals surface area contributed by atoms with E-state index in [-0.39, 0.29) is 5.69 Å². The molecule has 9 heteroatoms. The molecule has 1 N–H and O–H groups in total. The molecule has 6 nitrogen and oxygen atoms in total. The number of carbonyl (C=O) groups excluding carboxylic acids is 1. The van der Waals surface area contributed by atoms with Crippen LogP contribution in [0.2, 0.25) is 0 Å². The second kappa shape index (κ2) is 7.94. The Bertz CT molecular complexity index is 874. The summed E-state index contributed by atoms with van der Waals surface area (Å²) in [7, 11) is -1.15. The van der Waals surface area contributed by atoms with Crippen LogP contribution in [-0.4, -0.2) is 39.3 Å². The molecule has 0 bridgehead atoms. The van der Waals surface area contributed by atoms with E-state index in [1.165, 1.54) is 32.3 Å². The van der Waals surface area contributed by atoms with Gasteiger partial charge < -0.3 is 5.32 Å². The third-order valence-corrected chi connectivity index (χ3v) is 5.73. The number of nitrogens with zero attached hydrogens (tertiary/aromatic N) is 2. The third-order valence-electron chi connectivity index (χ3n) is 3.26. The van der Waals surface area contributed by atoms with E-state index in [0.29, 0.717) is 10.2 Å². The number of hydrogen-bond donors (Lipinski definition) is 1. The van der Waals surface area contributed by atoms with Gasteiger partial charge in [0.1, 0.15) is 12.4 Å². The second-order valence-corrected chi connectivity index (χ2v) is 8.23. The normalized spacial score (nSPS) is 11.4. The number of amides is 1. The predicted molar refractivity (Wildman–Crippen MR) is 99.1 cm³/mol. The first-order chi connectivity index (χ1) is 11.7. The number of nitrogens with one attached hydrogen (secondary N) is 1. The molecular formula is C16H17BrFN3O3S. The Labute approximate surface area is 154 Å². The maximum absolute atomic E-state index is 13.2. The van der Waals surface area contributed by atoms with Gasteiger partial charge in [-0.1, -0.05) is 18.2 Å². The SMILES string of the molecule is CN(C)S(=O)(=O)N(CC(=O)Nc1cccc(F)c1)c1ccccc1Br. The molecule has 2 aromatic carbocycles. The van der Waals surface area contributed by atoms with Crippen LogP contribution in [0.1, 0.15) is 0 Å². The minimum atomic E-state index is -3.91. The zero-order valence-electron chi connectivity index (χ0n) is 13.6. The summed E-state index contributed by atoms with van der Waals surface area (Å²) >= 11 is 3.30. The lowest BCUT2D eigenvalue weighted by Crippen LogP contribution is -2.44. The van der Waals surface area contributed by atoms with Crippen molar-refractivity contribution in [2.75, 3.05) is 30.3 Å². The number of anilines is 2. The quantitative estimate of drug-likeness (QED) is 0.767. The molecule has 0 saturated heterocycles. The van der Waals surface area contributed by atoms with Gasteiger partial charge in [-0.15, -0.1) is 0 Å². The van der Waals surface area contributed by atoms with Crippen LogP contribution in [0, 0.1) is 5.82 Å². The molecule has 0 saturated carbocycles. The first kappa shape index (κ1) is 19.4. The van der Waals surface area contributed by atoms with Crippen LogP contribution in [-0.2, 0) is 15.0 Å². The van der Waals surface area contributed by atoms with Gasteiger partial charge in [-0.25, -0.2) is 8.70 Å². The van der Waals surface area contributed by atoms with Gasteiger partial charge in [-0.05, 0) is 46.3 Å². The van der Waals surface area contributed by atoms with Gasteiger partial charge in [0.15, 0.2) is 0 Å². The molecule has 0 radical (unpaired) electrons. The van der Waals surface area contributed by atoms with Gasteiger partial charge in [0, 0.05) is 24.3 Å². The maximum atomic E-state index is 13.2. The summed E-state index contributed by atoms with van der Waals surface area (Å²) < 4.78 is 41.0. The molecule has 0 aliphatic carbocycles. The Morgan fingerprint density at radius 3 is 2.44 bits per heavy atom. The summed E-state index contributed by atoms with van der Waals surface area (Å²) in [6, 6.07) is 12.0. The summed E-state index contributed by atoms with van der Waals surface area (Å²) in [6.07, 6.45) is 0. The van der Waals surface area contributed by atoms with E-state index in [4.69, 9.17) is 0 Å². The topological polar surface area (TPSA) is 69.7 Å². The van der Waals surface area contributed by atoms with Gasteiger partial charge in [0.25, 0.3) is 0 Å². The van der Waals surface area contributed by atoms with Gasteiger partial charge in [-0.3, -0.25) is 4.79 Å². The molecule has 25 heavy (non-hydrogen) atoms. The zero-order chi connectivity index (χ0) is 18.6. The van der Waals surface area contributed by atoms with E-state index in [1.807, 2.05) is 0 Å². The fourth-order valence-electron chi connectivity index (χ4n) is 2.04. The lowest BCUT2D eigenvalue weighted by atomic mass is 10.3. The Morgan fingerprint density at radius 1 is 1.16 bits per heavy atom. The fourth-order valence-corrected chi connectivity index (χ4v) is 3.74. The molecule has 0 aliphatic heterocycles. The maximum Gasteiger partial charge on any atom is 0.304 e. The average molecular weight is 430 g/mol. The van der Waals surface area contributed by atoms with Crippen molar-refractivity contribution in [1.82, 2.24) is 4.31 Å². The van der Waals surface area contributed by atoms with Crippen molar-refractivity contribution >= 4 is 43.4 Å². The average Bonchev–Trinajstić information content (AvgIpc) is 2.53. The molecule has 0 spiro atoms. The summed E-state index contributed by atoms with van der Waals surface area (Å²) in [6.45, 7) is -0.459. The van der Waals surface area contributed by atoms with E-state index >= 15 is 0 Å². The van der Waals surface area contributed by atoms with E-state index in [9.17, 15) is 17.6 Å². The van der Waals surface area contributed by atoms with Crippen molar-refractivity contribution in [2.45, 2.75) is 0 Å². The first-order valence-electron chi connectivity index (χ1n) is 7.22. The standard InChI is InChI=1S/C16H17BrFN3O3S/c1-20(2)25(23,24)21(15-9-4-3-8-14(15)17)11-16(22)19-13-7-5-6-12(18)10-13/h3-10H,11H2,1-2H3,(H,19,22). The first-order valence-corrected chi connectivity index (χ1v) is 9.41. The molecule has 1 amide bonds. The summed E-state index contributed by atoms with van der Waals surface area (Å²) in [5.74, 6) is -1.09. The van der Waals surface area contributed by atoms with E-state index < -0.39 is 28.5 Å². The molecule has 134 valence electrons. The van der Waals surface area contributed by atoms with Gasteiger partial charge in [-0.2, -0.15) is 12.7 Å². The van der Waals surface area contributed by atoms with Crippen molar-refractivity contribution in [3.63, 3.8) is 0 Å². The fraction of sp³-hybridized carbons (Fsp3) is 0.188. The van der Waals surface area contributed by atoms with Crippen LogP contribution < -0.4 is 9.62 Å². The molecule has 0 aromatic heterocycles. The monoisotopic (exact) mass is 429 g/mol. The van der Waals surface area contributed by atoms with Crippen molar-refractivity contribution < 1.29 is 17.6 Å². The highest BCUT2D eigenvalue weighted by atomic mass is 79.9. The Kier molecular flexibility index (Phi) is 6.15. The molecule has 0 unspecified atom stereocenters. The molecule has 0 aliphatic rings. The highest BCUT2D eigenvalue weighted by molar-refractivity contribution is 9.10. The second-order valence-electron chi connectivity index (χ2n) is 5.31. The number of carbonyl (C=O) groups is 1. The van der Waals surface area contributed by atoms with E-state index in [1.54, 1.807) is 24.3 Å². The van der Waals surface area contributed by atoms with Crippen molar-refractivity contribution in [2.24, 2.45) is 0 Å². The van der Waals surface area contributed by atoms with Crippen LogP contribution in [0.4, 0.5) is 15.8 Å². The highest BCUT2D eigenvalue weighted by Gasteiger charge is 2.28. The molecule has 2 rings (SSSR count). The van der Waals surface area contributed by atoms with Gasteiger partial charge in [0.05, 0.1) is 5.69 Å². The minimum absolute atomic E-state index is 0.249. The Hall–Kier alpha value is -1.97. The van der Waals surface area contributed by atoms with Crippen LogP contribution in [0.25, 0.3) is 0 Å². The highest BCUT2D eigenvalue weighted by Crippen LogP contribution is 2.28. The third kappa shape index (κ3) is 4.77.